The SMILES string of the molecule is Cn1c(-c2ccc3ccccc3c2)nc2ccccc21. The van der Waals surface area contributed by atoms with Crippen LogP contribution in [0.25, 0.3) is 33.2 Å². The fourth-order valence-corrected chi connectivity index (χ4v) is 2.73. The number of fused-ring (bicyclic) bond motifs is 2. The first-order valence-electron chi connectivity index (χ1n) is 6.73. The number of hydrogen-bond donors (Lipinski definition) is 0. The van der Waals surface area contributed by atoms with Crippen LogP contribution in [0.4, 0.5) is 0 Å². The van der Waals surface area contributed by atoms with E-state index in [4.69, 9.17) is 4.98 Å². The molecule has 3 aromatic carbocycles. The number of aryl methyl sites for hydroxylation is 1. The lowest BCUT2D eigenvalue weighted by Gasteiger charge is -2.04. The summed E-state index contributed by atoms with van der Waals surface area (Å²) in [5, 5.41) is 2.51. The van der Waals surface area contributed by atoms with Crippen molar-refractivity contribution in [2.24, 2.45) is 7.05 Å². The summed E-state index contributed by atoms with van der Waals surface area (Å²) in [6.07, 6.45) is 0. The molecule has 1 aromatic heterocycles. The third-order valence-corrected chi connectivity index (χ3v) is 3.79. The van der Waals surface area contributed by atoms with E-state index in [1.807, 2.05) is 12.1 Å². The molecule has 0 bridgehead atoms. The quantitative estimate of drug-likeness (QED) is 0.495. The summed E-state index contributed by atoms with van der Waals surface area (Å²) in [7, 11) is 2.07. The zero-order valence-corrected chi connectivity index (χ0v) is 11.2. The second-order valence-electron chi connectivity index (χ2n) is 5.05. The Morgan fingerprint density at radius 2 is 1.55 bits per heavy atom. The van der Waals surface area contributed by atoms with Crippen molar-refractivity contribution in [3.05, 3.63) is 66.7 Å². The van der Waals surface area contributed by atoms with Crippen LogP contribution in [0, 0.1) is 0 Å². The Morgan fingerprint density at radius 3 is 2.40 bits per heavy atom. The van der Waals surface area contributed by atoms with Gasteiger partial charge in [0.1, 0.15) is 5.82 Å². The van der Waals surface area contributed by atoms with E-state index in [2.05, 4.69) is 66.2 Å². The molecule has 0 aliphatic carbocycles. The summed E-state index contributed by atoms with van der Waals surface area (Å²) < 4.78 is 2.15. The zero-order valence-electron chi connectivity index (χ0n) is 11.2. The highest BCUT2D eigenvalue weighted by molar-refractivity contribution is 5.88. The molecule has 0 atom stereocenters. The number of imidazole rings is 1. The minimum atomic E-state index is 1.01. The molecule has 96 valence electrons. The molecule has 20 heavy (non-hydrogen) atoms. The lowest BCUT2D eigenvalue weighted by atomic mass is 10.1. The molecule has 1 heterocycles. The Balaban J connectivity index is 1.98. The Morgan fingerprint density at radius 1 is 0.800 bits per heavy atom. The highest BCUT2D eigenvalue weighted by Gasteiger charge is 2.09. The number of rotatable bonds is 1. The summed E-state index contributed by atoms with van der Waals surface area (Å²) >= 11 is 0. The van der Waals surface area contributed by atoms with Gasteiger partial charge in [-0.1, -0.05) is 48.5 Å². The van der Waals surface area contributed by atoms with Crippen molar-refractivity contribution >= 4 is 21.8 Å². The minimum absolute atomic E-state index is 1.01. The highest BCUT2D eigenvalue weighted by atomic mass is 15.1. The van der Waals surface area contributed by atoms with Gasteiger partial charge in [-0.2, -0.15) is 0 Å². The lowest BCUT2D eigenvalue weighted by molar-refractivity contribution is 0.960. The van der Waals surface area contributed by atoms with Crippen molar-refractivity contribution in [3.63, 3.8) is 0 Å². The first kappa shape index (κ1) is 11.2. The predicted octanol–water partition coefficient (Wildman–Crippen LogP) is 4.39. The van der Waals surface area contributed by atoms with Gasteiger partial charge < -0.3 is 4.57 Å². The van der Waals surface area contributed by atoms with Gasteiger partial charge in [0.25, 0.3) is 0 Å². The summed E-state index contributed by atoms with van der Waals surface area (Å²) in [5.41, 5.74) is 3.36. The topological polar surface area (TPSA) is 17.8 Å². The summed E-state index contributed by atoms with van der Waals surface area (Å²) in [6.45, 7) is 0. The van der Waals surface area contributed by atoms with E-state index in [0.717, 1.165) is 22.4 Å². The Bertz CT molecular complexity index is 919. The van der Waals surface area contributed by atoms with Crippen LogP contribution in [0.1, 0.15) is 0 Å². The molecule has 0 aliphatic rings. The van der Waals surface area contributed by atoms with Crippen LogP contribution in [-0.2, 0) is 7.05 Å². The molecule has 0 N–H and O–H groups in total. The summed E-state index contributed by atoms with van der Waals surface area (Å²) in [6, 6.07) is 23.2. The van der Waals surface area contributed by atoms with Crippen molar-refractivity contribution < 1.29 is 0 Å². The third kappa shape index (κ3) is 1.62. The van der Waals surface area contributed by atoms with E-state index in [1.54, 1.807) is 0 Å². The summed E-state index contributed by atoms with van der Waals surface area (Å²) in [5.74, 6) is 1.01. The Labute approximate surface area is 117 Å². The van der Waals surface area contributed by atoms with Gasteiger partial charge in [-0.3, -0.25) is 0 Å². The highest BCUT2D eigenvalue weighted by Crippen LogP contribution is 2.26. The van der Waals surface area contributed by atoms with Crippen LogP contribution in [0.5, 0.6) is 0 Å². The molecule has 0 saturated carbocycles. The van der Waals surface area contributed by atoms with Gasteiger partial charge in [0.05, 0.1) is 11.0 Å². The molecule has 0 unspecified atom stereocenters. The minimum Gasteiger partial charge on any atom is -0.327 e. The van der Waals surface area contributed by atoms with E-state index < -0.39 is 0 Å². The Hall–Kier alpha value is -2.61. The van der Waals surface area contributed by atoms with Gasteiger partial charge >= 0.3 is 0 Å². The maximum atomic E-state index is 4.75. The molecule has 0 saturated heterocycles. The standard InChI is InChI=1S/C18H14N2/c1-20-17-9-5-4-8-16(17)19-18(20)15-11-10-13-6-2-3-7-14(13)12-15/h2-12H,1H3. The molecule has 0 spiro atoms. The van der Waals surface area contributed by atoms with Gasteiger partial charge in [-0.15, -0.1) is 0 Å². The average Bonchev–Trinajstić information content (AvgIpc) is 2.84. The molecule has 2 nitrogen and oxygen atoms in total. The molecule has 4 aromatic rings. The molecular formula is C18H14N2. The van der Waals surface area contributed by atoms with Crippen LogP contribution in [0.2, 0.25) is 0 Å². The van der Waals surface area contributed by atoms with Crippen molar-refractivity contribution in [3.8, 4) is 11.4 Å². The molecule has 0 amide bonds. The fraction of sp³-hybridized carbons (Fsp3) is 0.0556. The van der Waals surface area contributed by atoms with Crippen LogP contribution in [0.15, 0.2) is 66.7 Å². The van der Waals surface area contributed by atoms with E-state index >= 15 is 0 Å². The van der Waals surface area contributed by atoms with Crippen molar-refractivity contribution in [2.75, 3.05) is 0 Å². The van der Waals surface area contributed by atoms with E-state index in [0.29, 0.717) is 0 Å². The summed E-state index contributed by atoms with van der Waals surface area (Å²) in [4.78, 5) is 4.75. The predicted molar refractivity (Wildman–Crippen MR) is 83.7 cm³/mol. The molecular weight excluding hydrogens is 244 g/mol. The largest absolute Gasteiger partial charge is 0.327 e. The van der Waals surface area contributed by atoms with E-state index in [-0.39, 0.29) is 0 Å². The number of nitrogens with zero attached hydrogens (tertiary/aromatic N) is 2. The smallest absolute Gasteiger partial charge is 0.140 e. The van der Waals surface area contributed by atoms with Gasteiger partial charge in [0.15, 0.2) is 0 Å². The number of para-hydroxylation sites is 2. The van der Waals surface area contributed by atoms with Gasteiger partial charge in [0.2, 0.25) is 0 Å². The van der Waals surface area contributed by atoms with Crippen LogP contribution < -0.4 is 0 Å². The molecule has 0 fully saturated rings. The number of aromatic nitrogens is 2. The first-order chi connectivity index (χ1) is 9.83. The maximum Gasteiger partial charge on any atom is 0.140 e. The van der Waals surface area contributed by atoms with Crippen molar-refractivity contribution in [1.82, 2.24) is 9.55 Å². The molecule has 0 aliphatic heterocycles. The zero-order chi connectivity index (χ0) is 13.5. The average molecular weight is 258 g/mol. The molecule has 2 heteroatoms. The first-order valence-corrected chi connectivity index (χ1v) is 6.73. The van der Waals surface area contributed by atoms with E-state index in [9.17, 15) is 0 Å². The van der Waals surface area contributed by atoms with Crippen molar-refractivity contribution in [1.29, 1.82) is 0 Å². The second-order valence-corrected chi connectivity index (χ2v) is 5.05. The number of hydrogen-bond acceptors (Lipinski definition) is 1. The second kappa shape index (κ2) is 4.20. The van der Waals surface area contributed by atoms with Gasteiger partial charge in [-0.25, -0.2) is 4.98 Å². The van der Waals surface area contributed by atoms with Crippen LogP contribution in [0.3, 0.4) is 0 Å². The Kier molecular flexibility index (Phi) is 2.36. The lowest BCUT2D eigenvalue weighted by Crippen LogP contribution is -1.92. The number of benzene rings is 3. The van der Waals surface area contributed by atoms with Crippen LogP contribution in [-0.4, -0.2) is 9.55 Å². The fourth-order valence-electron chi connectivity index (χ4n) is 2.73. The van der Waals surface area contributed by atoms with Gasteiger partial charge in [0, 0.05) is 12.6 Å². The maximum absolute atomic E-state index is 4.75. The molecule has 4 rings (SSSR count). The molecule has 0 radical (unpaired) electrons. The van der Waals surface area contributed by atoms with Crippen LogP contribution >= 0.6 is 0 Å². The monoisotopic (exact) mass is 258 g/mol. The van der Waals surface area contributed by atoms with Gasteiger partial charge in [-0.05, 0) is 29.0 Å². The van der Waals surface area contributed by atoms with E-state index in [1.165, 1.54) is 10.8 Å². The normalized spacial score (nSPS) is 11.2. The third-order valence-electron chi connectivity index (χ3n) is 3.79. The van der Waals surface area contributed by atoms with Crippen molar-refractivity contribution in [2.45, 2.75) is 0 Å².